The van der Waals surface area contributed by atoms with E-state index in [-0.39, 0.29) is 0 Å². The van der Waals surface area contributed by atoms with Gasteiger partial charge < -0.3 is 20.4 Å². The smallest absolute Gasteiger partial charge is 0.230 e. The lowest BCUT2D eigenvalue weighted by Gasteiger charge is -2.29. The van der Waals surface area contributed by atoms with E-state index < -0.39 is 0 Å². The quantitative estimate of drug-likeness (QED) is 0.874. The van der Waals surface area contributed by atoms with E-state index in [1.807, 2.05) is 18.5 Å². The van der Waals surface area contributed by atoms with Crippen molar-refractivity contribution in [3.8, 4) is 0 Å². The molecule has 2 aliphatic heterocycles. The van der Waals surface area contributed by atoms with E-state index in [1.165, 1.54) is 24.1 Å². The molecule has 1 saturated carbocycles. The summed E-state index contributed by atoms with van der Waals surface area (Å²) in [5.74, 6) is 3.03. The van der Waals surface area contributed by atoms with Crippen LogP contribution in [-0.4, -0.2) is 53.7 Å². The van der Waals surface area contributed by atoms with Crippen LogP contribution in [0.2, 0.25) is 0 Å². The zero-order valence-corrected chi connectivity index (χ0v) is 15.1. The van der Waals surface area contributed by atoms with Crippen LogP contribution in [0.15, 0.2) is 24.5 Å². The topological polar surface area (TPSA) is 69.2 Å². The number of fused-ring (bicyclic) bond motifs is 1. The van der Waals surface area contributed by atoms with Gasteiger partial charge in [0.15, 0.2) is 0 Å². The largest absolute Gasteiger partial charge is 0.368 e. The Morgan fingerprint density at radius 3 is 2.69 bits per heavy atom. The van der Waals surface area contributed by atoms with Gasteiger partial charge in [-0.05, 0) is 25.0 Å². The molecule has 7 nitrogen and oxygen atoms in total. The van der Waals surface area contributed by atoms with Crippen LogP contribution >= 0.6 is 0 Å². The standard InChI is InChI=1S/C19H25N7/c1-13-12-26(14-2-3-14)18-16(13)11-22-19(24-18)23-17-5-4-15(10-21-17)25-8-6-20-7-9-25/h4-5,10-11,13-14,20H,2-3,6-9,12H2,1H3,(H,21,22,23,24). The summed E-state index contributed by atoms with van der Waals surface area (Å²) in [5, 5.41) is 6.64. The van der Waals surface area contributed by atoms with E-state index in [2.05, 4.69) is 43.4 Å². The highest BCUT2D eigenvalue weighted by Crippen LogP contribution is 2.41. The maximum Gasteiger partial charge on any atom is 0.230 e. The van der Waals surface area contributed by atoms with E-state index in [0.29, 0.717) is 17.9 Å². The number of nitrogens with zero attached hydrogens (tertiary/aromatic N) is 5. The van der Waals surface area contributed by atoms with Gasteiger partial charge in [-0.15, -0.1) is 0 Å². The summed E-state index contributed by atoms with van der Waals surface area (Å²) in [7, 11) is 0. The molecule has 1 saturated heterocycles. The van der Waals surface area contributed by atoms with Crippen LogP contribution in [0.1, 0.15) is 31.2 Å². The van der Waals surface area contributed by atoms with Gasteiger partial charge in [0.25, 0.3) is 0 Å². The van der Waals surface area contributed by atoms with Crippen molar-refractivity contribution < 1.29 is 0 Å². The average molecular weight is 351 g/mol. The van der Waals surface area contributed by atoms with Gasteiger partial charge in [-0.25, -0.2) is 9.97 Å². The van der Waals surface area contributed by atoms with Gasteiger partial charge in [0.1, 0.15) is 11.6 Å². The van der Waals surface area contributed by atoms with Gasteiger partial charge in [0.05, 0.1) is 11.9 Å². The molecular weight excluding hydrogens is 326 g/mol. The minimum atomic E-state index is 0.510. The maximum atomic E-state index is 4.80. The summed E-state index contributed by atoms with van der Waals surface area (Å²) >= 11 is 0. The predicted molar refractivity (Wildman–Crippen MR) is 103 cm³/mol. The molecule has 1 atom stereocenters. The van der Waals surface area contributed by atoms with Gasteiger partial charge >= 0.3 is 0 Å². The minimum absolute atomic E-state index is 0.510. The number of rotatable bonds is 4. The number of hydrogen-bond donors (Lipinski definition) is 2. The highest BCUT2D eigenvalue weighted by atomic mass is 15.3. The summed E-state index contributed by atoms with van der Waals surface area (Å²) in [6.07, 6.45) is 6.48. The second-order valence-corrected chi connectivity index (χ2v) is 7.52. The molecule has 0 amide bonds. The van der Waals surface area contributed by atoms with Gasteiger partial charge in [-0.3, -0.25) is 0 Å². The monoisotopic (exact) mass is 351 g/mol. The third-order valence-corrected chi connectivity index (χ3v) is 5.53. The first-order chi connectivity index (χ1) is 12.8. The second-order valence-electron chi connectivity index (χ2n) is 7.52. The lowest BCUT2D eigenvalue weighted by Crippen LogP contribution is -2.43. The number of pyridine rings is 1. The summed E-state index contributed by atoms with van der Waals surface area (Å²) in [4.78, 5) is 18.7. The third-order valence-electron chi connectivity index (χ3n) is 5.53. The molecule has 5 rings (SSSR count). The first-order valence-corrected chi connectivity index (χ1v) is 9.60. The Labute approximate surface area is 153 Å². The molecule has 0 aromatic carbocycles. The molecular formula is C19H25N7. The summed E-state index contributed by atoms with van der Waals surface area (Å²) in [6, 6.07) is 4.81. The molecule has 0 bridgehead atoms. The normalized spacial score (nSPS) is 22.4. The summed E-state index contributed by atoms with van der Waals surface area (Å²) in [6.45, 7) is 7.43. The van der Waals surface area contributed by atoms with Gasteiger partial charge in [0, 0.05) is 56.4 Å². The fraction of sp³-hybridized carbons (Fsp3) is 0.526. The molecule has 2 N–H and O–H groups in total. The molecule has 1 aliphatic carbocycles. The number of aromatic nitrogens is 3. The van der Waals surface area contributed by atoms with Crippen molar-refractivity contribution in [2.24, 2.45) is 0 Å². The summed E-state index contributed by atoms with van der Waals surface area (Å²) in [5.41, 5.74) is 2.44. The molecule has 2 aromatic heterocycles. The Morgan fingerprint density at radius 1 is 1.12 bits per heavy atom. The van der Waals surface area contributed by atoms with Crippen LogP contribution in [0.4, 0.5) is 23.3 Å². The number of piperazine rings is 1. The Bertz CT molecular complexity index is 781. The van der Waals surface area contributed by atoms with Crippen LogP contribution in [-0.2, 0) is 0 Å². The summed E-state index contributed by atoms with van der Waals surface area (Å²) < 4.78 is 0. The average Bonchev–Trinajstić information content (AvgIpc) is 3.47. The van der Waals surface area contributed by atoms with E-state index in [4.69, 9.17) is 4.98 Å². The van der Waals surface area contributed by atoms with Gasteiger partial charge in [-0.1, -0.05) is 6.92 Å². The molecule has 1 unspecified atom stereocenters. The van der Waals surface area contributed by atoms with E-state index in [0.717, 1.165) is 44.4 Å². The van der Waals surface area contributed by atoms with Crippen molar-refractivity contribution in [1.82, 2.24) is 20.3 Å². The Hall–Kier alpha value is -2.41. The molecule has 0 spiro atoms. The molecule has 3 aliphatic rings. The zero-order chi connectivity index (χ0) is 17.5. The lowest BCUT2D eigenvalue weighted by atomic mass is 10.1. The fourth-order valence-electron chi connectivity index (χ4n) is 3.89. The van der Waals surface area contributed by atoms with Crippen LogP contribution in [0, 0.1) is 0 Å². The zero-order valence-electron chi connectivity index (χ0n) is 15.1. The molecule has 2 fully saturated rings. The van der Waals surface area contributed by atoms with E-state index in [9.17, 15) is 0 Å². The van der Waals surface area contributed by atoms with Gasteiger partial charge in [-0.2, -0.15) is 4.98 Å². The van der Waals surface area contributed by atoms with Crippen LogP contribution in [0.5, 0.6) is 0 Å². The molecule has 7 heteroatoms. The van der Waals surface area contributed by atoms with Crippen molar-refractivity contribution in [3.05, 3.63) is 30.1 Å². The Morgan fingerprint density at radius 2 is 1.96 bits per heavy atom. The molecule has 136 valence electrons. The number of nitrogens with one attached hydrogen (secondary N) is 2. The Kier molecular flexibility index (Phi) is 3.89. The fourth-order valence-corrected chi connectivity index (χ4v) is 3.89. The first kappa shape index (κ1) is 15.8. The van der Waals surface area contributed by atoms with Crippen molar-refractivity contribution >= 4 is 23.3 Å². The van der Waals surface area contributed by atoms with Crippen molar-refractivity contribution in [3.63, 3.8) is 0 Å². The van der Waals surface area contributed by atoms with Crippen LogP contribution in [0.25, 0.3) is 0 Å². The van der Waals surface area contributed by atoms with Crippen LogP contribution < -0.4 is 20.4 Å². The maximum absolute atomic E-state index is 4.80. The van der Waals surface area contributed by atoms with Gasteiger partial charge in [0.2, 0.25) is 5.95 Å². The lowest BCUT2D eigenvalue weighted by molar-refractivity contribution is 0.589. The predicted octanol–water partition coefficient (Wildman–Crippen LogP) is 2.11. The molecule has 0 radical (unpaired) electrons. The number of anilines is 4. The molecule has 26 heavy (non-hydrogen) atoms. The third kappa shape index (κ3) is 2.96. The van der Waals surface area contributed by atoms with Crippen molar-refractivity contribution in [2.75, 3.05) is 47.8 Å². The van der Waals surface area contributed by atoms with Crippen LogP contribution in [0.3, 0.4) is 0 Å². The molecule has 4 heterocycles. The van der Waals surface area contributed by atoms with E-state index >= 15 is 0 Å². The van der Waals surface area contributed by atoms with Crippen molar-refractivity contribution in [2.45, 2.75) is 31.7 Å². The molecule has 2 aromatic rings. The SMILES string of the molecule is CC1CN(C2CC2)c2nc(Nc3ccc(N4CCNCC4)cn3)ncc21. The second kappa shape index (κ2) is 6.39. The minimum Gasteiger partial charge on any atom is -0.368 e. The first-order valence-electron chi connectivity index (χ1n) is 9.60. The van der Waals surface area contributed by atoms with E-state index in [1.54, 1.807) is 0 Å². The highest BCUT2D eigenvalue weighted by Gasteiger charge is 2.37. The number of hydrogen-bond acceptors (Lipinski definition) is 7. The van der Waals surface area contributed by atoms with Crippen molar-refractivity contribution in [1.29, 1.82) is 0 Å². The highest BCUT2D eigenvalue weighted by molar-refractivity contribution is 5.60. The Balaban J connectivity index is 1.32.